The fourth-order valence-corrected chi connectivity index (χ4v) is 4.02. The summed E-state index contributed by atoms with van der Waals surface area (Å²) in [6, 6.07) is 21.4. The molecule has 4 rings (SSSR count). The molecule has 0 saturated carbocycles. The second-order valence-corrected chi connectivity index (χ2v) is 7.04. The largest absolute Gasteiger partial charge is 0.338 e. The number of likely N-dealkylation sites (tertiary alicyclic amines) is 2. The number of aryl methyl sites for hydroxylation is 1. The topological polar surface area (TPSA) is 23.6 Å². The molecule has 1 amide bonds. The van der Waals surface area contributed by atoms with Gasteiger partial charge in [0.25, 0.3) is 0 Å². The third-order valence-electron chi connectivity index (χ3n) is 5.35. The van der Waals surface area contributed by atoms with Gasteiger partial charge >= 0.3 is 0 Å². The van der Waals surface area contributed by atoms with E-state index in [-0.39, 0.29) is 0 Å². The van der Waals surface area contributed by atoms with Gasteiger partial charge in [-0.15, -0.1) is 0 Å². The summed E-state index contributed by atoms with van der Waals surface area (Å²) >= 11 is 0. The van der Waals surface area contributed by atoms with Gasteiger partial charge in [0.05, 0.1) is 6.04 Å². The van der Waals surface area contributed by atoms with Crippen molar-refractivity contribution in [3.8, 4) is 0 Å². The van der Waals surface area contributed by atoms with Crippen LogP contribution >= 0.6 is 0 Å². The van der Waals surface area contributed by atoms with Gasteiger partial charge in [-0.3, -0.25) is 9.69 Å². The molecular formula is C21H24N2O. The van der Waals surface area contributed by atoms with Crippen molar-refractivity contribution in [2.24, 2.45) is 5.92 Å². The standard InChI is InChI=1S/C21H24N2O/c24-21(12-11-17-7-3-1-4-8-17)23-15-19-14-22(16-20(19)23)13-18-9-5-2-6-10-18/h1-10,19-20H,11-16H2. The SMILES string of the molecule is O=C(CCc1ccccc1)N1CC2CN(Cc3ccccc3)CC21. The third kappa shape index (κ3) is 3.22. The van der Waals surface area contributed by atoms with Crippen molar-refractivity contribution >= 4 is 5.91 Å². The Morgan fingerprint density at radius 1 is 0.875 bits per heavy atom. The normalized spacial score (nSPS) is 22.9. The zero-order valence-electron chi connectivity index (χ0n) is 14.0. The summed E-state index contributed by atoms with van der Waals surface area (Å²) in [5, 5.41) is 0. The molecule has 2 aromatic carbocycles. The first-order chi connectivity index (χ1) is 11.8. The molecule has 2 unspecified atom stereocenters. The Morgan fingerprint density at radius 3 is 2.25 bits per heavy atom. The molecule has 2 saturated heterocycles. The Balaban J connectivity index is 1.28. The number of amides is 1. The lowest BCUT2D eigenvalue weighted by Gasteiger charge is -2.43. The van der Waals surface area contributed by atoms with Crippen molar-refractivity contribution in [3.63, 3.8) is 0 Å². The smallest absolute Gasteiger partial charge is 0.223 e. The van der Waals surface area contributed by atoms with Crippen LogP contribution in [-0.2, 0) is 17.8 Å². The highest BCUT2D eigenvalue weighted by Gasteiger charge is 2.47. The molecule has 0 bridgehead atoms. The van der Waals surface area contributed by atoms with Crippen LogP contribution in [0.3, 0.4) is 0 Å². The van der Waals surface area contributed by atoms with E-state index in [9.17, 15) is 4.79 Å². The van der Waals surface area contributed by atoms with Gasteiger partial charge in [-0.05, 0) is 17.5 Å². The maximum atomic E-state index is 12.5. The monoisotopic (exact) mass is 320 g/mol. The van der Waals surface area contributed by atoms with E-state index in [0.29, 0.717) is 24.3 Å². The Hall–Kier alpha value is -2.13. The van der Waals surface area contributed by atoms with E-state index in [1.54, 1.807) is 0 Å². The van der Waals surface area contributed by atoms with Crippen LogP contribution in [0, 0.1) is 5.92 Å². The second kappa shape index (κ2) is 6.78. The molecule has 0 radical (unpaired) electrons. The predicted molar refractivity (Wildman–Crippen MR) is 95.5 cm³/mol. The number of hydrogen-bond acceptors (Lipinski definition) is 2. The van der Waals surface area contributed by atoms with Crippen molar-refractivity contribution in [1.29, 1.82) is 0 Å². The summed E-state index contributed by atoms with van der Waals surface area (Å²) in [6.45, 7) is 4.10. The van der Waals surface area contributed by atoms with Crippen LogP contribution in [0.25, 0.3) is 0 Å². The van der Waals surface area contributed by atoms with Crippen molar-refractivity contribution in [2.75, 3.05) is 19.6 Å². The molecule has 3 nitrogen and oxygen atoms in total. The lowest BCUT2D eigenvalue weighted by atomic mass is 9.91. The number of nitrogens with zero attached hydrogens (tertiary/aromatic N) is 2. The summed E-state index contributed by atoms with van der Waals surface area (Å²) < 4.78 is 0. The van der Waals surface area contributed by atoms with Crippen LogP contribution in [0.1, 0.15) is 17.5 Å². The minimum absolute atomic E-state index is 0.321. The molecule has 3 heteroatoms. The first-order valence-corrected chi connectivity index (χ1v) is 8.89. The third-order valence-corrected chi connectivity index (χ3v) is 5.35. The number of carbonyl (C=O) groups is 1. The molecule has 0 aromatic heterocycles. The fourth-order valence-electron chi connectivity index (χ4n) is 4.02. The lowest BCUT2D eigenvalue weighted by Crippen LogP contribution is -2.58. The number of rotatable bonds is 5. The maximum Gasteiger partial charge on any atom is 0.223 e. The highest BCUT2D eigenvalue weighted by Crippen LogP contribution is 2.33. The van der Waals surface area contributed by atoms with E-state index >= 15 is 0 Å². The van der Waals surface area contributed by atoms with Crippen molar-refractivity contribution in [2.45, 2.75) is 25.4 Å². The van der Waals surface area contributed by atoms with Gasteiger partial charge in [-0.25, -0.2) is 0 Å². The molecule has 2 aromatic rings. The highest BCUT2D eigenvalue weighted by molar-refractivity contribution is 5.78. The van der Waals surface area contributed by atoms with Gasteiger partial charge in [0.2, 0.25) is 5.91 Å². The van der Waals surface area contributed by atoms with Crippen molar-refractivity contribution in [3.05, 3.63) is 71.8 Å². The Labute approximate surface area is 143 Å². The van der Waals surface area contributed by atoms with Gasteiger partial charge in [-0.2, -0.15) is 0 Å². The summed E-state index contributed by atoms with van der Waals surface area (Å²) in [5.74, 6) is 0.996. The Morgan fingerprint density at radius 2 is 1.54 bits per heavy atom. The van der Waals surface area contributed by atoms with E-state index in [1.807, 2.05) is 18.2 Å². The predicted octanol–water partition coefficient (Wildman–Crippen LogP) is 2.96. The van der Waals surface area contributed by atoms with Crippen LogP contribution < -0.4 is 0 Å². The van der Waals surface area contributed by atoms with Gasteiger partial charge in [-0.1, -0.05) is 60.7 Å². The van der Waals surface area contributed by atoms with Crippen LogP contribution in [0.5, 0.6) is 0 Å². The first kappa shape index (κ1) is 15.4. The van der Waals surface area contributed by atoms with Crippen LogP contribution in [0.15, 0.2) is 60.7 Å². The molecule has 0 aliphatic carbocycles. The second-order valence-electron chi connectivity index (χ2n) is 7.04. The van der Waals surface area contributed by atoms with E-state index < -0.39 is 0 Å². The van der Waals surface area contributed by atoms with Crippen molar-refractivity contribution < 1.29 is 4.79 Å². The summed E-state index contributed by atoms with van der Waals surface area (Å²) in [5.41, 5.74) is 2.61. The van der Waals surface area contributed by atoms with Gasteiger partial charge in [0.15, 0.2) is 0 Å². The van der Waals surface area contributed by atoms with Crippen molar-refractivity contribution in [1.82, 2.24) is 9.80 Å². The molecule has 0 spiro atoms. The van der Waals surface area contributed by atoms with Crippen LogP contribution in [-0.4, -0.2) is 41.4 Å². The summed E-state index contributed by atoms with van der Waals surface area (Å²) in [7, 11) is 0. The molecule has 0 N–H and O–H groups in total. The van der Waals surface area contributed by atoms with Crippen LogP contribution in [0.2, 0.25) is 0 Å². The maximum absolute atomic E-state index is 12.5. The number of benzene rings is 2. The van der Waals surface area contributed by atoms with Gasteiger partial charge < -0.3 is 4.90 Å². The number of hydrogen-bond donors (Lipinski definition) is 0. The molecule has 2 heterocycles. The van der Waals surface area contributed by atoms with Crippen LogP contribution in [0.4, 0.5) is 0 Å². The number of carbonyl (C=O) groups excluding carboxylic acids is 1. The van der Waals surface area contributed by atoms with Gasteiger partial charge in [0.1, 0.15) is 0 Å². The Kier molecular flexibility index (Phi) is 4.35. The molecule has 24 heavy (non-hydrogen) atoms. The van der Waals surface area contributed by atoms with E-state index in [2.05, 4.69) is 52.3 Å². The quantitative estimate of drug-likeness (QED) is 0.845. The Bertz CT molecular complexity index is 685. The molecule has 124 valence electrons. The summed E-state index contributed by atoms with van der Waals surface area (Å²) in [6.07, 6.45) is 1.48. The average molecular weight is 320 g/mol. The average Bonchev–Trinajstić information content (AvgIpc) is 2.91. The molecular weight excluding hydrogens is 296 g/mol. The molecule has 2 fully saturated rings. The number of fused-ring (bicyclic) bond motifs is 1. The van der Waals surface area contributed by atoms with E-state index in [4.69, 9.17) is 0 Å². The minimum atomic E-state index is 0.321. The molecule has 2 aliphatic rings. The van der Waals surface area contributed by atoms with E-state index in [1.165, 1.54) is 11.1 Å². The molecule has 2 aliphatic heterocycles. The lowest BCUT2D eigenvalue weighted by molar-refractivity contribution is -0.141. The zero-order valence-corrected chi connectivity index (χ0v) is 14.0. The summed E-state index contributed by atoms with van der Waals surface area (Å²) in [4.78, 5) is 17.1. The zero-order chi connectivity index (χ0) is 16.4. The van der Waals surface area contributed by atoms with Gasteiger partial charge in [0, 0.05) is 38.5 Å². The highest BCUT2D eigenvalue weighted by atomic mass is 16.2. The first-order valence-electron chi connectivity index (χ1n) is 8.89. The van der Waals surface area contributed by atoms with E-state index in [0.717, 1.165) is 32.6 Å². The molecule has 2 atom stereocenters. The minimum Gasteiger partial charge on any atom is -0.338 e. The fraction of sp³-hybridized carbons (Fsp3) is 0.381.